The van der Waals surface area contributed by atoms with Gasteiger partial charge in [0.1, 0.15) is 24.4 Å². The van der Waals surface area contributed by atoms with Crippen LogP contribution in [0.4, 0.5) is 5.95 Å². The number of methoxy groups -OCH3 is 1. The molecule has 1 aromatic heterocycles. The number of H-pyrrole nitrogens is 2. The Bertz CT molecular complexity index is 557. The highest BCUT2D eigenvalue weighted by atomic mass is 16.7. The fraction of sp³-hybridized carbons (Fsp3) is 0.700. The van der Waals surface area contributed by atoms with Gasteiger partial charge in [0, 0.05) is 7.11 Å². The molecule has 0 aromatic carbocycles. The fourth-order valence-corrected chi connectivity index (χ4v) is 2.06. The number of hydrogen-bond donors (Lipinski definition) is 6. The highest BCUT2D eigenvalue weighted by Crippen LogP contribution is 2.23. The zero-order valence-corrected chi connectivity index (χ0v) is 11.0. The van der Waals surface area contributed by atoms with Crippen LogP contribution >= 0.6 is 0 Å². The summed E-state index contributed by atoms with van der Waals surface area (Å²) in [5, 5.41) is 31.5. The van der Waals surface area contributed by atoms with E-state index in [-0.39, 0.29) is 5.95 Å². The molecule has 0 unspecified atom stereocenters. The van der Waals surface area contributed by atoms with Crippen LogP contribution < -0.4 is 16.7 Å². The maximum Gasteiger partial charge on any atom is 0.352 e. The molecule has 0 aliphatic carbocycles. The first-order valence-corrected chi connectivity index (χ1v) is 6.08. The summed E-state index contributed by atoms with van der Waals surface area (Å²) in [6.45, 7) is -0.509. The number of rotatable bonds is 4. The van der Waals surface area contributed by atoms with Crippen molar-refractivity contribution in [2.45, 2.75) is 30.6 Å². The van der Waals surface area contributed by atoms with E-state index >= 15 is 0 Å². The lowest BCUT2D eigenvalue weighted by molar-refractivity contribution is -0.254. The standard InChI is InChI=1S/C10H16N4O7/c1-20-7-4(6(17)5(16)3(2-15)21-7)11-8-12-9(18)14-10(19)13-8/h3-7,15-17H,2H2,1H3,(H3,11,12,13,14,18,19)/t3-,4-,5+,6-,7+/m1/s1. The molecule has 5 atom stereocenters. The van der Waals surface area contributed by atoms with E-state index in [4.69, 9.17) is 14.6 Å². The number of aliphatic hydroxyl groups excluding tert-OH is 3. The molecule has 2 heterocycles. The molecule has 0 radical (unpaired) electrons. The summed E-state index contributed by atoms with van der Waals surface area (Å²) in [6.07, 6.45) is -4.82. The van der Waals surface area contributed by atoms with Gasteiger partial charge in [0.15, 0.2) is 6.29 Å². The van der Waals surface area contributed by atoms with E-state index in [2.05, 4.69) is 15.3 Å². The molecule has 0 saturated carbocycles. The third kappa shape index (κ3) is 3.28. The lowest BCUT2D eigenvalue weighted by Gasteiger charge is -2.41. The first-order chi connectivity index (χ1) is 9.96. The zero-order chi connectivity index (χ0) is 15.6. The lowest BCUT2D eigenvalue weighted by Crippen LogP contribution is -2.61. The number of hydrogen-bond acceptors (Lipinski definition) is 9. The van der Waals surface area contributed by atoms with E-state index in [0.717, 1.165) is 0 Å². The van der Waals surface area contributed by atoms with Crippen molar-refractivity contribution in [3.63, 3.8) is 0 Å². The van der Waals surface area contributed by atoms with Crippen LogP contribution in [0.1, 0.15) is 0 Å². The Morgan fingerprint density at radius 1 is 1.33 bits per heavy atom. The first-order valence-electron chi connectivity index (χ1n) is 6.08. The molecule has 0 spiro atoms. The SMILES string of the molecule is CO[C@H]1O[C@H](CO)[C@H](O)[C@H](O)[C@H]1Nc1nc(=O)[nH]c(=O)[nH]1. The van der Waals surface area contributed by atoms with E-state index in [0.29, 0.717) is 0 Å². The molecule has 21 heavy (non-hydrogen) atoms. The van der Waals surface area contributed by atoms with Crippen LogP contribution in [0.5, 0.6) is 0 Å². The maximum absolute atomic E-state index is 11.1. The molecule has 1 aromatic rings. The average Bonchev–Trinajstić information content (AvgIpc) is 2.43. The summed E-state index contributed by atoms with van der Waals surface area (Å²) >= 11 is 0. The van der Waals surface area contributed by atoms with E-state index < -0.39 is 48.6 Å². The van der Waals surface area contributed by atoms with Crippen molar-refractivity contribution in [1.29, 1.82) is 0 Å². The molecule has 0 bridgehead atoms. The van der Waals surface area contributed by atoms with Crippen LogP contribution in [0.15, 0.2) is 9.59 Å². The monoisotopic (exact) mass is 304 g/mol. The van der Waals surface area contributed by atoms with Crippen molar-refractivity contribution in [3.05, 3.63) is 21.0 Å². The number of nitrogens with one attached hydrogen (secondary N) is 3. The molecule has 1 aliphatic heterocycles. The number of aliphatic hydroxyl groups is 3. The predicted octanol–water partition coefficient (Wildman–Crippen LogP) is -3.68. The number of aromatic amines is 2. The van der Waals surface area contributed by atoms with Gasteiger partial charge < -0.3 is 30.1 Å². The summed E-state index contributed by atoms with van der Waals surface area (Å²) in [6, 6.07) is -1.02. The predicted molar refractivity (Wildman–Crippen MR) is 67.7 cm³/mol. The van der Waals surface area contributed by atoms with Gasteiger partial charge in [-0.3, -0.25) is 9.97 Å². The maximum atomic E-state index is 11.1. The Labute approximate surface area is 117 Å². The minimum Gasteiger partial charge on any atom is -0.394 e. The molecule has 6 N–H and O–H groups in total. The quantitative estimate of drug-likeness (QED) is 0.328. The largest absolute Gasteiger partial charge is 0.394 e. The Kier molecular flexibility index (Phi) is 4.69. The van der Waals surface area contributed by atoms with Gasteiger partial charge in [-0.1, -0.05) is 0 Å². The Hall–Kier alpha value is -1.79. The highest BCUT2D eigenvalue weighted by Gasteiger charge is 2.44. The fourth-order valence-electron chi connectivity index (χ4n) is 2.06. The van der Waals surface area contributed by atoms with Crippen LogP contribution in [0.3, 0.4) is 0 Å². The summed E-state index contributed by atoms with van der Waals surface area (Å²) in [4.78, 5) is 29.8. The zero-order valence-electron chi connectivity index (χ0n) is 11.0. The minimum absolute atomic E-state index is 0.215. The lowest BCUT2D eigenvalue weighted by atomic mass is 9.97. The summed E-state index contributed by atoms with van der Waals surface area (Å²) < 4.78 is 10.3. The van der Waals surface area contributed by atoms with E-state index in [1.807, 2.05) is 4.98 Å². The second-order valence-electron chi connectivity index (χ2n) is 4.46. The molecule has 11 heteroatoms. The second-order valence-corrected chi connectivity index (χ2v) is 4.46. The highest BCUT2D eigenvalue weighted by molar-refractivity contribution is 5.25. The molecule has 0 amide bonds. The molecule has 118 valence electrons. The van der Waals surface area contributed by atoms with Gasteiger partial charge >= 0.3 is 11.4 Å². The van der Waals surface area contributed by atoms with Crippen LogP contribution in [0, 0.1) is 0 Å². The third-order valence-electron chi connectivity index (χ3n) is 3.08. The molecular formula is C10H16N4O7. The summed E-state index contributed by atoms with van der Waals surface area (Å²) in [5.41, 5.74) is -1.67. The third-order valence-corrected chi connectivity index (χ3v) is 3.08. The van der Waals surface area contributed by atoms with E-state index in [1.165, 1.54) is 7.11 Å². The Morgan fingerprint density at radius 3 is 2.62 bits per heavy atom. The van der Waals surface area contributed by atoms with Crippen molar-refractivity contribution >= 4 is 5.95 Å². The number of nitrogens with zero attached hydrogens (tertiary/aromatic N) is 1. The van der Waals surface area contributed by atoms with Gasteiger partial charge in [-0.05, 0) is 0 Å². The van der Waals surface area contributed by atoms with Gasteiger partial charge in [-0.2, -0.15) is 4.98 Å². The molecule has 1 aliphatic rings. The van der Waals surface area contributed by atoms with E-state index in [9.17, 15) is 19.8 Å². The smallest absolute Gasteiger partial charge is 0.352 e. The van der Waals surface area contributed by atoms with Gasteiger partial charge in [0.25, 0.3) is 0 Å². The molecule has 1 fully saturated rings. The van der Waals surface area contributed by atoms with Gasteiger partial charge in [-0.15, -0.1) is 0 Å². The van der Waals surface area contributed by atoms with E-state index in [1.54, 1.807) is 0 Å². The van der Waals surface area contributed by atoms with Gasteiger partial charge in [0.2, 0.25) is 5.95 Å². The van der Waals surface area contributed by atoms with Crippen LogP contribution in [-0.2, 0) is 9.47 Å². The molecule has 2 rings (SSSR count). The van der Waals surface area contributed by atoms with Crippen LogP contribution in [0.2, 0.25) is 0 Å². The first kappa shape index (κ1) is 15.6. The Balaban J connectivity index is 2.23. The average molecular weight is 304 g/mol. The topological polar surface area (TPSA) is 170 Å². The van der Waals surface area contributed by atoms with Gasteiger partial charge in [0.05, 0.1) is 6.61 Å². The van der Waals surface area contributed by atoms with Crippen LogP contribution in [-0.4, -0.2) is 74.6 Å². The van der Waals surface area contributed by atoms with Gasteiger partial charge in [-0.25, -0.2) is 9.59 Å². The number of ether oxygens (including phenoxy) is 2. The number of anilines is 1. The second kappa shape index (κ2) is 6.32. The molecule has 11 nitrogen and oxygen atoms in total. The van der Waals surface area contributed by atoms with Crippen molar-refractivity contribution in [1.82, 2.24) is 15.0 Å². The Morgan fingerprint density at radius 2 is 2.05 bits per heavy atom. The van der Waals surface area contributed by atoms with Crippen LogP contribution in [0.25, 0.3) is 0 Å². The summed E-state index contributed by atoms with van der Waals surface area (Å²) in [7, 11) is 1.30. The normalized spacial score (nSPS) is 32.9. The molecule has 1 saturated heterocycles. The number of aromatic nitrogens is 3. The van der Waals surface area contributed by atoms with Crippen molar-refractivity contribution in [3.8, 4) is 0 Å². The van der Waals surface area contributed by atoms with Crippen molar-refractivity contribution in [2.24, 2.45) is 0 Å². The van der Waals surface area contributed by atoms with Crippen molar-refractivity contribution < 1.29 is 24.8 Å². The van der Waals surface area contributed by atoms with Crippen molar-refractivity contribution in [2.75, 3.05) is 19.0 Å². The summed E-state index contributed by atoms with van der Waals surface area (Å²) in [5.74, 6) is -0.215. The molecular weight excluding hydrogens is 288 g/mol. The minimum atomic E-state index is -1.38.